The van der Waals surface area contributed by atoms with Crippen LogP contribution in [0.2, 0.25) is 0 Å². The van der Waals surface area contributed by atoms with Crippen molar-refractivity contribution in [1.82, 2.24) is 4.90 Å². The van der Waals surface area contributed by atoms with Crippen LogP contribution in [0.25, 0.3) is 0 Å². The Morgan fingerprint density at radius 2 is 1.57 bits per heavy atom. The lowest BCUT2D eigenvalue weighted by Gasteiger charge is -2.31. The van der Waals surface area contributed by atoms with E-state index in [1.807, 2.05) is 54.4 Å². The molecule has 1 aliphatic carbocycles. The number of anilines is 2. The van der Waals surface area contributed by atoms with Crippen molar-refractivity contribution in [1.29, 1.82) is 0 Å². The Labute approximate surface area is 167 Å². The van der Waals surface area contributed by atoms with Gasteiger partial charge in [-0.05, 0) is 49.2 Å². The van der Waals surface area contributed by atoms with Crippen LogP contribution in [0.1, 0.15) is 42.5 Å². The molecule has 1 fully saturated rings. The number of nitrogens with zero attached hydrogens (tertiary/aromatic N) is 2. The zero-order valence-electron chi connectivity index (χ0n) is 16.7. The topological polar surface area (TPSA) is 52.7 Å². The molecular weight excluding hydrogens is 350 g/mol. The maximum atomic E-state index is 12.6. The third-order valence-corrected chi connectivity index (χ3v) is 5.54. The second-order valence-electron chi connectivity index (χ2n) is 7.43. The van der Waals surface area contributed by atoms with E-state index >= 15 is 0 Å². The lowest BCUT2D eigenvalue weighted by atomic mass is 9.94. The number of nitrogens with one attached hydrogen (secondary N) is 1. The first-order chi connectivity index (χ1) is 13.6. The summed E-state index contributed by atoms with van der Waals surface area (Å²) in [6.07, 6.45) is 5.91. The van der Waals surface area contributed by atoms with Crippen LogP contribution in [0, 0.1) is 0 Å². The summed E-state index contributed by atoms with van der Waals surface area (Å²) in [5, 5.41) is 3.18. The third kappa shape index (κ3) is 4.91. The van der Waals surface area contributed by atoms with Crippen molar-refractivity contribution in [2.75, 3.05) is 30.9 Å². The van der Waals surface area contributed by atoms with Gasteiger partial charge in [0.05, 0.1) is 6.54 Å². The third-order valence-electron chi connectivity index (χ3n) is 5.54. The highest BCUT2D eigenvalue weighted by Crippen LogP contribution is 2.22. The molecule has 5 heteroatoms. The predicted molar refractivity (Wildman–Crippen MR) is 114 cm³/mol. The van der Waals surface area contributed by atoms with Gasteiger partial charge >= 0.3 is 0 Å². The summed E-state index contributed by atoms with van der Waals surface area (Å²) in [5.41, 5.74) is 2.30. The molecule has 3 rings (SSSR count). The Kier molecular flexibility index (Phi) is 6.69. The van der Waals surface area contributed by atoms with Gasteiger partial charge < -0.3 is 15.1 Å². The molecule has 0 bridgehead atoms. The molecule has 2 aromatic rings. The molecule has 0 saturated heterocycles. The SMILES string of the molecule is CN(C(=O)c1ccc(NCC(=O)N(C)C2CCCCC2)cc1)c1ccccc1. The van der Waals surface area contributed by atoms with Crippen LogP contribution in [0.5, 0.6) is 0 Å². The molecule has 1 saturated carbocycles. The number of amides is 2. The highest BCUT2D eigenvalue weighted by atomic mass is 16.2. The molecule has 2 amide bonds. The van der Waals surface area contributed by atoms with Crippen LogP contribution in [-0.4, -0.2) is 43.4 Å². The molecule has 148 valence electrons. The molecule has 28 heavy (non-hydrogen) atoms. The molecule has 1 N–H and O–H groups in total. The van der Waals surface area contributed by atoms with E-state index in [9.17, 15) is 9.59 Å². The maximum Gasteiger partial charge on any atom is 0.258 e. The normalized spacial score (nSPS) is 14.4. The van der Waals surface area contributed by atoms with Crippen molar-refractivity contribution in [2.24, 2.45) is 0 Å². The molecule has 1 aliphatic rings. The highest BCUT2D eigenvalue weighted by molar-refractivity contribution is 6.05. The minimum atomic E-state index is -0.0640. The van der Waals surface area contributed by atoms with E-state index in [2.05, 4.69) is 5.32 Å². The van der Waals surface area contributed by atoms with Gasteiger partial charge in [0.1, 0.15) is 0 Å². The second kappa shape index (κ2) is 9.40. The first kappa shape index (κ1) is 19.9. The van der Waals surface area contributed by atoms with E-state index in [4.69, 9.17) is 0 Å². The van der Waals surface area contributed by atoms with Gasteiger partial charge in [-0.2, -0.15) is 0 Å². The lowest BCUT2D eigenvalue weighted by Crippen LogP contribution is -2.41. The lowest BCUT2D eigenvalue weighted by molar-refractivity contribution is -0.130. The van der Waals surface area contributed by atoms with Crippen molar-refractivity contribution in [3.63, 3.8) is 0 Å². The van der Waals surface area contributed by atoms with Crippen molar-refractivity contribution in [3.8, 4) is 0 Å². The summed E-state index contributed by atoms with van der Waals surface area (Å²) in [7, 11) is 3.67. The van der Waals surface area contributed by atoms with Crippen molar-refractivity contribution < 1.29 is 9.59 Å². The van der Waals surface area contributed by atoms with Crippen LogP contribution in [0.15, 0.2) is 54.6 Å². The van der Waals surface area contributed by atoms with Crippen LogP contribution < -0.4 is 10.2 Å². The van der Waals surface area contributed by atoms with Gasteiger partial charge in [-0.15, -0.1) is 0 Å². The molecular formula is C23H29N3O2. The Hall–Kier alpha value is -2.82. The molecule has 0 aliphatic heterocycles. The second-order valence-corrected chi connectivity index (χ2v) is 7.43. The van der Waals surface area contributed by atoms with E-state index in [1.165, 1.54) is 19.3 Å². The smallest absolute Gasteiger partial charge is 0.258 e. The van der Waals surface area contributed by atoms with Crippen LogP contribution in [0.4, 0.5) is 11.4 Å². The van der Waals surface area contributed by atoms with Gasteiger partial charge in [0.25, 0.3) is 5.91 Å². The van der Waals surface area contributed by atoms with Crippen molar-refractivity contribution >= 4 is 23.2 Å². The van der Waals surface area contributed by atoms with E-state index in [1.54, 1.807) is 24.1 Å². The largest absolute Gasteiger partial charge is 0.376 e. The molecule has 0 radical (unpaired) electrons. The van der Waals surface area contributed by atoms with E-state index < -0.39 is 0 Å². The fourth-order valence-corrected chi connectivity index (χ4v) is 3.67. The first-order valence-electron chi connectivity index (χ1n) is 9.99. The average Bonchev–Trinajstić information content (AvgIpc) is 2.77. The van der Waals surface area contributed by atoms with Gasteiger partial charge in [0.15, 0.2) is 0 Å². The van der Waals surface area contributed by atoms with E-state index in [0.29, 0.717) is 11.6 Å². The number of carbonyl (C=O) groups is 2. The van der Waals surface area contributed by atoms with Crippen molar-refractivity contribution in [3.05, 3.63) is 60.2 Å². The summed E-state index contributed by atoms with van der Waals surface area (Å²) >= 11 is 0. The summed E-state index contributed by atoms with van der Waals surface area (Å²) in [4.78, 5) is 28.6. The molecule has 0 unspecified atom stereocenters. The number of para-hydroxylation sites is 1. The number of likely N-dealkylation sites (N-methyl/N-ethyl adjacent to an activating group) is 1. The monoisotopic (exact) mass is 379 g/mol. The zero-order valence-corrected chi connectivity index (χ0v) is 16.7. The number of rotatable bonds is 6. The van der Waals surface area contributed by atoms with Crippen LogP contribution in [-0.2, 0) is 4.79 Å². The van der Waals surface area contributed by atoms with Crippen LogP contribution >= 0.6 is 0 Å². The average molecular weight is 380 g/mol. The number of benzene rings is 2. The molecule has 0 aromatic heterocycles. The Bertz CT molecular complexity index is 783. The summed E-state index contributed by atoms with van der Waals surface area (Å²) < 4.78 is 0. The predicted octanol–water partition coefficient (Wildman–Crippen LogP) is 4.17. The number of carbonyl (C=O) groups excluding carboxylic acids is 2. The van der Waals surface area contributed by atoms with Gasteiger partial charge in [0.2, 0.25) is 5.91 Å². The van der Waals surface area contributed by atoms with E-state index in [-0.39, 0.29) is 18.4 Å². The molecule has 0 atom stereocenters. The van der Waals surface area contributed by atoms with Gasteiger partial charge in [-0.1, -0.05) is 37.5 Å². The molecule has 2 aromatic carbocycles. The number of hydrogen-bond acceptors (Lipinski definition) is 3. The Balaban J connectivity index is 1.54. The maximum absolute atomic E-state index is 12.6. The summed E-state index contributed by atoms with van der Waals surface area (Å²) in [5.74, 6) is 0.0433. The minimum Gasteiger partial charge on any atom is -0.376 e. The standard InChI is InChI=1S/C23H29N3O2/c1-25(20-9-5-3-6-10-20)22(27)17-24-19-15-13-18(14-16-19)23(28)26(2)21-11-7-4-8-12-21/h4,7-8,11-16,20,24H,3,5-6,9-10,17H2,1-2H3. The fraction of sp³-hybridized carbons (Fsp3) is 0.391. The quantitative estimate of drug-likeness (QED) is 0.820. The Morgan fingerprint density at radius 3 is 2.21 bits per heavy atom. The molecule has 0 heterocycles. The first-order valence-corrected chi connectivity index (χ1v) is 9.99. The Morgan fingerprint density at radius 1 is 0.929 bits per heavy atom. The minimum absolute atomic E-state index is 0.0640. The van der Waals surface area contributed by atoms with E-state index in [0.717, 1.165) is 24.2 Å². The molecule has 5 nitrogen and oxygen atoms in total. The van der Waals surface area contributed by atoms with Crippen LogP contribution in [0.3, 0.4) is 0 Å². The molecule has 0 spiro atoms. The summed E-state index contributed by atoms with van der Waals surface area (Å²) in [6.45, 7) is 0.268. The fourth-order valence-electron chi connectivity index (χ4n) is 3.67. The van der Waals surface area contributed by atoms with Crippen molar-refractivity contribution in [2.45, 2.75) is 38.1 Å². The highest BCUT2D eigenvalue weighted by Gasteiger charge is 2.21. The zero-order chi connectivity index (χ0) is 19.9. The number of hydrogen-bond donors (Lipinski definition) is 1. The van der Waals surface area contributed by atoms with Gasteiger partial charge in [-0.3, -0.25) is 9.59 Å². The summed E-state index contributed by atoms with van der Waals surface area (Å²) in [6, 6.07) is 17.2. The van der Waals surface area contributed by atoms with Gasteiger partial charge in [0, 0.05) is 37.1 Å². The van der Waals surface area contributed by atoms with Gasteiger partial charge in [-0.25, -0.2) is 0 Å².